The quantitative estimate of drug-likeness (QED) is 0.201. The number of nitrogens with zero attached hydrogens (tertiary/aromatic N) is 9. The first kappa shape index (κ1) is 40.7. The molecule has 4 saturated heterocycles. The van der Waals surface area contributed by atoms with Crippen LogP contribution >= 0.6 is 0 Å². The molecule has 1 aromatic carbocycles. The second-order valence-corrected chi connectivity index (χ2v) is 19.4. The zero-order valence-corrected chi connectivity index (χ0v) is 36.5. The van der Waals surface area contributed by atoms with Crippen molar-refractivity contribution in [3.8, 4) is 23.0 Å². The summed E-state index contributed by atoms with van der Waals surface area (Å²) in [7, 11) is 1.66. The molecule has 3 aromatic heterocycles. The number of hydrogen-bond acceptors (Lipinski definition) is 13. The molecule has 6 aliphatic rings. The molecule has 0 spiro atoms. The number of hydrogen-bond donors (Lipinski definition) is 2. The summed E-state index contributed by atoms with van der Waals surface area (Å²) >= 11 is 0. The largest absolute Gasteiger partial charge is 0.494 e. The minimum Gasteiger partial charge on any atom is -0.494 e. The number of anilines is 2. The lowest BCUT2D eigenvalue weighted by Crippen LogP contribution is -2.61. The summed E-state index contributed by atoms with van der Waals surface area (Å²) in [5.41, 5.74) is 4.84. The molecule has 16 nitrogen and oxygen atoms in total. The first-order chi connectivity index (χ1) is 29.9. The minimum atomic E-state index is -0.646. The highest BCUT2D eigenvalue weighted by atomic mass is 16.5. The smallest absolute Gasteiger partial charge is 0.255 e. The van der Waals surface area contributed by atoms with Crippen LogP contribution in [0.1, 0.15) is 88.1 Å². The molecule has 1 atom stereocenters. The maximum atomic E-state index is 13.4. The highest BCUT2D eigenvalue weighted by Crippen LogP contribution is 2.42. The van der Waals surface area contributed by atoms with E-state index in [9.17, 15) is 14.4 Å². The Labute approximate surface area is 362 Å². The average molecular weight is 846 g/mol. The summed E-state index contributed by atoms with van der Waals surface area (Å²) < 4.78 is 12.1. The Hall–Kier alpha value is -5.35. The lowest BCUT2D eigenvalue weighted by molar-refractivity contribution is -0.136. The van der Waals surface area contributed by atoms with Crippen molar-refractivity contribution in [1.82, 2.24) is 45.2 Å². The number of piperidine rings is 3. The lowest BCUT2D eigenvalue weighted by Gasteiger charge is -2.50. The van der Waals surface area contributed by atoms with Crippen LogP contribution in [0.15, 0.2) is 36.8 Å². The number of aromatic nitrogens is 5. The van der Waals surface area contributed by atoms with Crippen LogP contribution in [0.3, 0.4) is 0 Å². The van der Waals surface area contributed by atoms with Gasteiger partial charge in [0.25, 0.3) is 5.91 Å². The molecule has 1 aliphatic carbocycles. The third-order valence-electron chi connectivity index (χ3n) is 14.5. The monoisotopic (exact) mass is 845 g/mol. The van der Waals surface area contributed by atoms with Gasteiger partial charge in [-0.1, -0.05) is 0 Å². The molecule has 2 N–H and O–H groups in total. The first-order valence-electron chi connectivity index (χ1n) is 22.6. The SMILES string of the molecule is COc1c(N2CCC(CN3CCN(CC4CCN(c5cc(-c6n[nH]c7cnc(OC8(C)CC8)cc67)ncn5)CC4)CC3(C)C)CC2)ccc2c1CN(C1CCC(=O)NC1=O)C2=O. The number of H-pyrrole nitrogens is 1. The van der Waals surface area contributed by atoms with Crippen molar-refractivity contribution in [1.29, 1.82) is 0 Å². The van der Waals surface area contributed by atoms with E-state index in [1.54, 1.807) is 24.5 Å². The van der Waals surface area contributed by atoms with Gasteiger partial charge in [-0.2, -0.15) is 5.10 Å². The highest BCUT2D eigenvalue weighted by molar-refractivity contribution is 6.06. The Bertz CT molecular complexity index is 2360. The van der Waals surface area contributed by atoms with Gasteiger partial charge in [0.1, 0.15) is 35.2 Å². The van der Waals surface area contributed by atoms with Crippen LogP contribution in [0.5, 0.6) is 11.6 Å². The first-order valence-corrected chi connectivity index (χ1v) is 22.6. The van der Waals surface area contributed by atoms with Gasteiger partial charge in [0, 0.05) is 99.5 Å². The van der Waals surface area contributed by atoms with Gasteiger partial charge in [-0.3, -0.25) is 34.6 Å². The van der Waals surface area contributed by atoms with E-state index in [1.165, 1.54) is 0 Å². The summed E-state index contributed by atoms with van der Waals surface area (Å²) in [6.45, 7) is 16.5. The number of rotatable bonds is 11. The Balaban J connectivity index is 0.699. The molecular weight excluding hydrogens is 787 g/mol. The standard InChI is InChI=1S/C46H59N11O5/c1-45(2)27-53(24-29-11-17-55(18-12-29)38-22-34(48-28-49-38)41-32-21-40(62-46(3)13-14-46)47-23-35(32)51-52-41)19-20-56(45)25-30-9-15-54(16-10-30)36-6-5-31-33(42(36)61-4)26-57(44(31)60)37-7-8-39(58)50-43(37)59/h5-6,21-23,28-30,37H,7-20,24-27H2,1-4H3,(H,51,52)(H,50,58,59). The molecule has 1 saturated carbocycles. The molecule has 328 valence electrons. The van der Waals surface area contributed by atoms with E-state index >= 15 is 0 Å². The second kappa shape index (κ2) is 16.1. The summed E-state index contributed by atoms with van der Waals surface area (Å²) in [6, 6.07) is 7.28. The molecule has 16 heteroatoms. The summed E-state index contributed by atoms with van der Waals surface area (Å²) in [4.78, 5) is 63.4. The molecule has 62 heavy (non-hydrogen) atoms. The zero-order chi connectivity index (χ0) is 42.8. The maximum Gasteiger partial charge on any atom is 0.255 e. The van der Waals surface area contributed by atoms with Crippen LogP contribution in [0.4, 0.5) is 11.5 Å². The van der Waals surface area contributed by atoms with E-state index in [4.69, 9.17) is 14.5 Å². The van der Waals surface area contributed by atoms with E-state index in [1.807, 2.05) is 18.2 Å². The van der Waals surface area contributed by atoms with Gasteiger partial charge in [-0.25, -0.2) is 15.0 Å². The Morgan fingerprint density at radius 3 is 2.34 bits per heavy atom. The minimum absolute atomic E-state index is 0.0901. The number of amides is 3. The second-order valence-electron chi connectivity index (χ2n) is 19.4. The normalized spacial score (nSPS) is 23.5. The van der Waals surface area contributed by atoms with E-state index in [0.717, 1.165) is 143 Å². The molecule has 3 amide bonds. The van der Waals surface area contributed by atoms with Crippen molar-refractivity contribution in [2.24, 2.45) is 11.8 Å². The Morgan fingerprint density at radius 2 is 1.61 bits per heavy atom. The van der Waals surface area contributed by atoms with Crippen molar-refractivity contribution < 1.29 is 23.9 Å². The number of pyridine rings is 1. The van der Waals surface area contributed by atoms with Gasteiger partial charge in [0.2, 0.25) is 17.7 Å². The van der Waals surface area contributed by atoms with Gasteiger partial charge >= 0.3 is 0 Å². The number of piperazine rings is 1. The fourth-order valence-electron chi connectivity index (χ4n) is 10.6. The van der Waals surface area contributed by atoms with Gasteiger partial charge < -0.3 is 24.2 Å². The van der Waals surface area contributed by atoms with Crippen LogP contribution in [-0.2, 0) is 16.1 Å². The number of carbonyl (C=O) groups is 3. The Kier molecular flexibility index (Phi) is 10.6. The predicted molar refractivity (Wildman–Crippen MR) is 234 cm³/mol. The number of methoxy groups -OCH3 is 1. The average Bonchev–Trinajstić information content (AvgIpc) is 3.68. The van der Waals surface area contributed by atoms with E-state index in [-0.39, 0.29) is 29.4 Å². The lowest BCUT2D eigenvalue weighted by atomic mass is 9.90. The van der Waals surface area contributed by atoms with Crippen LogP contribution in [0.25, 0.3) is 22.3 Å². The van der Waals surface area contributed by atoms with Crippen molar-refractivity contribution >= 4 is 40.1 Å². The molecule has 0 bridgehead atoms. The summed E-state index contributed by atoms with van der Waals surface area (Å²) in [5, 5.41) is 11.1. The molecule has 4 aromatic rings. The van der Waals surface area contributed by atoms with Crippen LogP contribution in [-0.4, -0.2) is 141 Å². The van der Waals surface area contributed by atoms with Crippen molar-refractivity contribution in [3.63, 3.8) is 0 Å². The van der Waals surface area contributed by atoms with Crippen molar-refractivity contribution in [2.75, 3.05) is 75.8 Å². The topological polar surface area (TPSA) is 165 Å². The summed E-state index contributed by atoms with van der Waals surface area (Å²) in [6.07, 6.45) is 10.6. The summed E-state index contributed by atoms with van der Waals surface area (Å²) in [5.74, 6) is 2.69. The highest BCUT2D eigenvalue weighted by Gasteiger charge is 2.43. The number of nitrogens with one attached hydrogen (secondary N) is 2. The number of aromatic amines is 1. The third-order valence-corrected chi connectivity index (χ3v) is 14.5. The number of fused-ring (bicyclic) bond motifs is 2. The molecule has 8 heterocycles. The van der Waals surface area contributed by atoms with Gasteiger partial charge in [-0.05, 0) is 89.7 Å². The zero-order valence-electron chi connectivity index (χ0n) is 36.5. The van der Waals surface area contributed by atoms with Crippen LogP contribution in [0, 0.1) is 11.8 Å². The predicted octanol–water partition coefficient (Wildman–Crippen LogP) is 4.65. The molecule has 5 aliphatic heterocycles. The maximum absolute atomic E-state index is 13.4. The van der Waals surface area contributed by atoms with Gasteiger partial charge in [0.05, 0.1) is 36.7 Å². The number of imide groups is 1. The third kappa shape index (κ3) is 7.95. The number of ether oxygens (including phenoxy) is 2. The molecule has 1 unspecified atom stereocenters. The van der Waals surface area contributed by atoms with Gasteiger partial charge in [0.15, 0.2) is 0 Å². The number of benzene rings is 1. The van der Waals surface area contributed by atoms with E-state index in [0.29, 0.717) is 36.2 Å². The van der Waals surface area contributed by atoms with Crippen molar-refractivity contribution in [3.05, 3.63) is 47.9 Å². The molecule has 10 rings (SSSR count). The fourth-order valence-corrected chi connectivity index (χ4v) is 10.6. The number of carbonyl (C=O) groups excluding carboxylic acids is 3. The van der Waals surface area contributed by atoms with Crippen molar-refractivity contribution in [2.45, 2.75) is 95.9 Å². The Morgan fingerprint density at radius 1 is 0.855 bits per heavy atom. The van der Waals surface area contributed by atoms with E-state index < -0.39 is 11.9 Å². The fraction of sp³-hybridized carbons (Fsp3) is 0.587. The molecular formula is C46H59N11O5. The molecule has 0 radical (unpaired) electrons. The molecule has 5 fully saturated rings. The van der Waals surface area contributed by atoms with E-state index in [2.05, 4.69) is 71.9 Å². The van der Waals surface area contributed by atoms with Crippen LogP contribution in [0.2, 0.25) is 0 Å². The van der Waals surface area contributed by atoms with Gasteiger partial charge in [-0.15, -0.1) is 0 Å². The van der Waals surface area contributed by atoms with Crippen LogP contribution < -0.4 is 24.6 Å².